The first kappa shape index (κ1) is 19.8. The van der Waals surface area contributed by atoms with Crippen LogP contribution in [0.1, 0.15) is 35.7 Å². The van der Waals surface area contributed by atoms with E-state index >= 15 is 0 Å². The van der Waals surface area contributed by atoms with Gasteiger partial charge >= 0.3 is 11.9 Å². The minimum Gasteiger partial charge on any atom is -0.466 e. The van der Waals surface area contributed by atoms with Gasteiger partial charge in [0.15, 0.2) is 5.69 Å². The molecule has 0 saturated carbocycles. The summed E-state index contributed by atoms with van der Waals surface area (Å²) in [6, 6.07) is 12.2. The number of benzene rings is 1. The number of carbonyl (C=O) groups excluding carboxylic acids is 2. The van der Waals surface area contributed by atoms with Gasteiger partial charge in [-0.2, -0.15) is 0 Å². The summed E-state index contributed by atoms with van der Waals surface area (Å²) >= 11 is 1.56. The van der Waals surface area contributed by atoms with Crippen molar-refractivity contribution >= 4 is 23.3 Å². The van der Waals surface area contributed by atoms with Crippen molar-refractivity contribution in [2.24, 2.45) is 0 Å². The van der Waals surface area contributed by atoms with Crippen LogP contribution in [0.3, 0.4) is 0 Å². The first-order valence-electron chi connectivity index (χ1n) is 9.10. The third-order valence-corrected chi connectivity index (χ3v) is 5.14. The Morgan fingerprint density at radius 3 is 2.61 bits per heavy atom. The van der Waals surface area contributed by atoms with E-state index in [0.717, 1.165) is 15.4 Å². The zero-order valence-electron chi connectivity index (χ0n) is 16.1. The molecule has 0 aliphatic heterocycles. The Morgan fingerprint density at radius 2 is 1.89 bits per heavy atom. The molecule has 0 aliphatic rings. The average Bonchev–Trinajstić information content (AvgIpc) is 3.29. The van der Waals surface area contributed by atoms with E-state index < -0.39 is 5.97 Å². The van der Waals surface area contributed by atoms with Crippen LogP contribution >= 0.6 is 11.3 Å². The van der Waals surface area contributed by atoms with Gasteiger partial charge in [0.1, 0.15) is 17.2 Å². The highest BCUT2D eigenvalue weighted by Crippen LogP contribution is 2.31. The van der Waals surface area contributed by atoms with Gasteiger partial charge in [-0.15, -0.1) is 11.3 Å². The number of aryl methyl sites for hydroxylation is 1. The lowest BCUT2D eigenvalue weighted by Crippen LogP contribution is -2.11. The minimum absolute atomic E-state index is 0.0229. The summed E-state index contributed by atoms with van der Waals surface area (Å²) in [5, 5.41) is 0.860. The number of esters is 2. The molecule has 6 nitrogen and oxygen atoms in total. The third-order valence-electron chi connectivity index (χ3n) is 4.00. The van der Waals surface area contributed by atoms with Crippen molar-refractivity contribution in [2.45, 2.75) is 27.2 Å². The fourth-order valence-electron chi connectivity index (χ4n) is 2.79. The first-order valence-corrected chi connectivity index (χ1v) is 9.91. The second-order valence-corrected chi connectivity index (χ2v) is 7.18. The van der Waals surface area contributed by atoms with Crippen molar-refractivity contribution in [2.75, 3.05) is 13.2 Å². The van der Waals surface area contributed by atoms with Crippen molar-refractivity contribution in [1.29, 1.82) is 0 Å². The summed E-state index contributed by atoms with van der Waals surface area (Å²) in [6.07, 6.45) is 1.59. The Morgan fingerprint density at radius 1 is 1.11 bits per heavy atom. The van der Waals surface area contributed by atoms with E-state index in [4.69, 9.17) is 9.47 Å². The smallest absolute Gasteiger partial charge is 0.358 e. The number of thiophene rings is 1. The maximum Gasteiger partial charge on any atom is 0.358 e. The summed E-state index contributed by atoms with van der Waals surface area (Å²) in [5.74, 6) is -0.457. The van der Waals surface area contributed by atoms with Crippen LogP contribution in [-0.4, -0.2) is 34.7 Å². The van der Waals surface area contributed by atoms with E-state index in [0.29, 0.717) is 12.4 Å². The van der Waals surface area contributed by atoms with Crippen molar-refractivity contribution in [3.63, 3.8) is 0 Å². The molecule has 28 heavy (non-hydrogen) atoms. The Labute approximate surface area is 167 Å². The highest BCUT2D eigenvalue weighted by atomic mass is 32.1. The van der Waals surface area contributed by atoms with Crippen LogP contribution in [0.4, 0.5) is 0 Å². The predicted octanol–water partition coefficient (Wildman–Crippen LogP) is 4.19. The molecule has 0 N–H and O–H groups in total. The molecule has 3 aromatic rings. The molecule has 0 unspecified atom stereocenters. The number of carbonyl (C=O) groups is 2. The molecule has 0 radical (unpaired) electrons. The van der Waals surface area contributed by atoms with Gasteiger partial charge in [0.2, 0.25) is 0 Å². The molecule has 3 rings (SSSR count). The Bertz CT molecular complexity index is 990. The molecule has 0 atom stereocenters. The molecule has 2 heterocycles. The lowest BCUT2D eigenvalue weighted by Gasteiger charge is -2.05. The maximum atomic E-state index is 12.1. The fourth-order valence-corrected chi connectivity index (χ4v) is 3.79. The van der Waals surface area contributed by atoms with E-state index in [-0.39, 0.29) is 24.7 Å². The quantitative estimate of drug-likeness (QED) is 0.558. The van der Waals surface area contributed by atoms with Gasteiger partial charge in [-0.3, -0.25) is 9.36 Å². The molecule has 0 aliphatic carbocycles. The van der Waals surface area contributed by atoms with E-state index in [1.807, 2.05) is 18.2 Å². The molecule has 7 heteroatoms. The largest absolute Gasteiger partial charge is 0.466 e. The van der Waals surface area contributed by atoms with Gasteiger partial charge in [-0.1, -0.05) is 29.8 Å². The van der Waals surface area contributed by atoms with Gasteiger partial charge in [-0.05, 0) is 38.5 Å². The van der Waals surface area contributed by atoms with Crippen molar-refractivity contribution in [3.8, 4) is 15.4 Å². The molecule has 0 amide bonds. The van der Waals surface area contributed by atoms with Crippen LogP contribution in [0, 0.1) is 6.92 Å². The number of rotatable bonds is 7. The lowest BCUT2D eigenvalue weighted by atomic mass is 10.1. The maximum absolute atomic E-state index is 12.1. The molecule has 1 aromatic carbocycles. The van der Waals surface area contributed by atoms with Crippen LogP contribution in [0.15, 0.2) is 42.6 Å². The van der Waals surface area contributed by atoms with Crippen LogP contribution in [0.25, 0.3) is 15.4 Å². The van der Waals surface area contributed by atoms with Crippen LogP contribution in [-0.2, 0) is 20.7 Å². The normalized spacial score (nSPS) is 10.7. The average molecular weight is 398 g/mol. The minimum atomic E-state index is -0.512. The number of hydrogen-bond acceptors (Lipinski definition) is 6. The van der Waals surface area contributed by atoms with Gasteiger partial charge in [0.25, 0.3) is 0 Å². The highest BCUT2D eigenvalue weighted by Gasteiger charge is 2.20. The van der Waals surface area contributed by atoms with E-state index in [2.05, 4.69) is 30.1 Å². The Hall–Kier alpha value is -2.93. The van der Waals surface area contributed by atoms with Gasteiger partial charge in [0.05, 0.1) is 13.2 Å². The monoisotopic (exact) mass is 398 g/mol. The van der Waals surface area contributed by atoms with E-state index in [1.165, 1.54) is 5.56 Å². The third kappa shape index (κ3) is 4.48. The zero-order chi connectivity index (χ0) is 20.1. The number of nitrogens with zero attached hydrogens (tertiary/aromatic N) is 2. The second kappa shape index (κ2) is 8.84. The molecular weight excluding hydrogens is 376 g/mol. The molecule has 0 spiro atoms. The van der Waals surface area contributed by atoms with E-state index in [9.17, 15) is 9.59 Å². The summed E-state index contributed by atoms with van der Waals surface area (Å²) in [4.78, 5) is 29.5. The number of imidazole rings is 1. The lowest BCUT2D eigenvalue weighted by molar-refractivity contribution is -0.142. The second-order valence-electron chi connectivity index (χ2n) is 6.12. The topological polar surface area (TPSA) is 70.4 Å². The number of hydrogen-bond donors (Lipinski definition) is 0. The van der Waals surface area contributed by atoms with Crippen molar-refractivity contribution < 1.29 is 19.1 Å². The van der Waals surface area contributed by atoms with Crippen LogP contribution in [0.2, 0.25) is 0 Å². The molecule has 0 bridgehead atoms. The summed E-state index contributed by atoms with van der Waals surface area (Å²) in [5.41, 5.74) is 2.48. The van der Waals surface area contributed by atoms with Gasteiger partial charge < -0.3 is 9.47 Å². The summed E-state index contributed by atoms with van der Waals surface area (Å²) in [7, 11) is 0. The van der Waals surface area contributed by atoms with Crippen molar-refractivity contribution in [1.82, 2.24) is 9.55 Å². The SMILES string of the molecule is CCOC(=O)Cc1nc(C(=O)OCC)cn1-c1ccc(-c2cccc(C)c2)s1. The van der Waals surface area contributed by atoms with Gasteiger partial charge in [0, 0.05) is 11.1 Å². The standard InChI is InChI=1S/C21H22N2O4S/c1-4-26-20(24)12-18-22-16(21(25)27-5-2)13-23(18)19-10-9-17(28-19)15-8-6-7-14(3)11-15/h6-11,13H,4-5,12H2,1-3H3. The highest BCUT2D eigenvalue weighted by molar-refractivity contribution is 7.17. The van der Waals surface area contributed by atoms with Crippen LogP contribution < -0.4 is 0 Å². The molecule has 146 valence electrons. The summed E-state index contributed by atoms with van der Waals surface area (Å²) < 4.78 is 11.8. The molecule has 0 saturated heterocycles. The Balaban J connectivity index is 1.97. The van der Waals surface area contributed by atoms with Crippen LogP contribution in [0.5, 0.6) is 0 Å². The fraction of sp³-hybridized carbons (Fsp3) is 0.286. The number of ether oxygens (including phenoxy) is 2. The first-order chi connectivity index (χ1) is 13.5. The zero-order valence-corrected chi connectivity index (χ0v) is 16.9. The Kier molecular flexibility index (Phi) is 6.26. The van der Waals surface area contributed by atoms with E-state index in [1.54, 1.807) is 35.9 Å². The summed E-state index contributed by atoms with van der Waals surface area (Å²) in [6.45, 7) is 6.09. The van der Waals surface area contributed by atoms with Gasteiger partial charge in [-0.25, -0.2) is 9.78 Å². The molecular formula is C21H22N2O4S. The molecule has 0 fully saturated rings. The predicted molar refractivity (Wildman–Crippen MR) is 108 cm³/mol. The van der Waals surface area contributed by atoms with Crippen molar-refractivity contribution in [3.05, 3.63) is 59.7 Å². The number of aromatic nitrogens is 2. The molecule has 2 aromatic heterocycles.